The number of aryl methyl sites for hydroxylation is 1. The van der Waals surface area contributed by atoms with Crippen molar-refractivity contribution in [3.05, 3.63) is 35.1 Å². The highest BCUT2D eigenvalue weighted by molar-refractivity contribution is 5.96. The number of carbonyl (C=O) groups excluding carboxylic acids is 1. The lowest BCUT2D eigenvalue weighted by atomic mass is 10.0. The molecule has 2 unspecified atom stereocenters. The smallest absolute Gasteiger partial charge is 0.308 e. The van der Waals surface area contributed by atoms with Crippen molar-refractivity contribution in [2.24, 2.45) is 5.92 Å². The van der Waals surface area contributed by atoms with Gasteiger partial charge in [0.05, 0.1) is 5.92 Å². The fourth-order valence-corrected chi connectivity index (χ4v) is 2.56. The SMILES string of the molecule is Cc1cc(F)ccc1C(=O)NC1CCCC1C(=O)O. The Morgan fingerprint density at radius 3 is 2.74 bits per heavy atom. The van der Waals surface area contributed by atoms with Gasteiger partial charge in [-0.05, 0) is 43.5 Å². The van der Waals surface area contributed by atoms with Crippen LogP contribution in [0.25, 0.3) is 0 Å². The summed E-state index contributed by atoms with van der Waals surface area (Å²) in [6.45, 7) is 1.65. The minimum Gasteiger partial charge on any atom is -0.481 e. The second kappa shape index (κ2) is 5.38. The van der Waals surface area contributed by atoms with Crippen LogP contribution in [0, 0.1) is 18.7 Å². The van der Waals surface area contributed by atoms with E-state index in [-0.39, 0.29) is 11.9 Å². The second-order valence-electron chi connectivity index (χ2n) is 4.91. The van der Waals surface area contributed by atoms with Crippen LogP contribution >= 0.6 is 0 Å². The standard InChI is InChI=1S/C14H16FNO3/c1-8-7-9(15)5-6-10(8)13(17)16-12-4-2-3-11(12)14(18)19/h5-7,11-12H,2-4H2,1H3,(H,16,17)(H,18,19). The topological polar surface area (TPSA) is 66.4 Å². The van der Waals surface area contributed by atoms with E-state index < -0.39 is 17.7 Å². The monoisotopic (exact) mass is 265 g/mol. The molecule has 0 radical (unpaired) electrons. The van der Waals surface area contributed by atoms with E-state index in [1.54, 1.807) is 6.92 Å². The third kappa shape index (κ3) is 2.92. The zero-order valence-corrected chi connectivity index (χ0v) is 10.6. The van der Waals surface area contributed by atoms with E-state index in [4.69, 9.17) is 5.11 Å². The first-order chi connectivity index (χ1) is 8.99. The van der Waals surface area contributed by atoms with Crippen molar-refractivity contribution in [2.45, 2.75) is 32.2 Å². The molecule has 5 heteroatoms. The van der Waals surface area contributed by atoms with Crippen molar-refractivity contribution >= 4 is 11.9 Å². The maximum atomic E-state index is 13.0. The molecule has 2 rings (SSSR count). The van der Waals surface area contributed by atoms with Crippen molar-refractivity contribution in [3.63, 3.8) is 0 Å². The van der Waals surface area contributed by atoms with E-state index in [0.29, 0.717) is 24.0 Å². The van der Waals surface area contributed by atoms with Gasteiger partial charge in [0.25, 0.3) is 5.91 Å². The molecule has 2 N–H and O–H groups in total. The molecule has 19 heavy (non-hydrogen) atoms. The van der Waals surface area contributed by atoms with E-state index in [9.17, 15) is 14.0 Å². The summed E-state index contributed by atoms with van der Waals surface area (Å²) in [5, 5.41) is 11.8. The maximum absolute atomic E-state index is 13.0. The molecule has 4 nitrogen and oxygen atoms in total. The molecule has 1 amide bonds. The third-order valence-electron chi connectivity index (χ3n) is 3.58. The van der Waals surface area contributed by atoms with Crippen molar-refractivity contribution in [1.29, 1.82) is 0 Å². The number of halogens is 1. The number of carboxylic acid groups (broad SMARTS) is 1. The molecule has 1 aromatic carbocycles. The van der Waals surface area contributed by atoms with Gasteiger partial charge in [0.2, 0.25) is 0 Å². The molecule has 0 aromatic heterocycles. The Hall–Kier alpha value is -1.91. The second-order valence-corrected chi connectivity index (χ2v) is 4.91. The first kappa shape index (κ1) is 13.5. The van der Waals surface area contributed by atoms with Crippen LogP contribution in [-0.4, -0.2) is 23.0 Å². The van der Waals surface area contributed by atoms with Gasteiger partial charge in [0.1, 0.15) is 5.82 Å². The summed E-state index contributed by atoms with van der Waals surface area (Å²) in [7, 11) is 0. The van der Waals surface area contributed by atoms with E-state index in [1.165, 1.54) is 18.2 Å². The Labute approximate surface area is 110 Å². The number of hydrogen-bond donors (Lipinski definition) is 2. The number of rotatable bonds is 3. The highest BCUT2D eigenvalue weighted by Gasteiger charge is 2.34. The first-order valence-electron chi connectivity index (χ1n) is 6.29. The molecule has 1 fully saturated rings. The molecule has 0 bridgehead atoms. The van der Waals surface area contributed by atoms with Crippen LogP contribution in [0.2, 0.25) is 0 Å². The predicted molar refractivity (Wildman–Crippen MR) is 67.4 cm³/mol. The van der Waals surface area contributed by atoms with E-state index in [2.05, 4.69) is 5.32 Å². The fourth-order valence-electron chi connectivity index (χ4n) is 2.56. The number of carboxylic acids is 1. The Balaban J connectivity index is 2.10. The zero-order chi connectivity index (χ0) is 14.0. The number of nitrogens with one attached hydrogen (secondary N) is 1. The van der Waals surface area contributed by atoms with Crippen molar-refractivity contribution < 1.29 is 19.1 Å². The van der Waals surface area contributed by atoms with Gasteiger partial charge in [-0.25, -0.2) is 4.39 Å². The predicted octanol–water partition coefficient (Wildman–Crippen LogP) is 2.12. The quantitative estimate of drug-likeness (QED) is 0.879. The number of aliphatic carboxylic acids is 1. The summed E-state index contributed by atoms with van der Waals surface area (Å²) in [6, 6.07) is 3.60. The molecule has 102 valence electrons. The Bertz CT molecular complexity index is 515. The maximum Gasteiger partial charge on any atom is 0.308 e. The molecule has 0 saturated heterocycles. The minimum atomic E-state index is -0.876. The molecular weight excluding hydrogens is 249 g/mol. The van der Waals surface area contributed by atoms with Crippen molar-refractivity contribution in [3.8, 4) is 0 Å². The molecule has 1 aliphatic carbocycles. The van der Waals surface area contributed by atoms with E-state index in [0.717, 1.165) is 6.42 Å². The largest absolute Gasteiger partial charge is 0.481 e. The summed E-state index contributed by atoms with van der Waals surface area (Å²) < 4.78 is 13.0. The lowest BCUT2D eigenvalue weighted by molar-refractivity contribution is -0.142. The summed E-state index contributed by atoms with van der Waals surface area (Å²) in [5.74, 6) is -2.13. The highest BCUT2D eigenvalue weighted by atomic mass is 19.1. The molecule has 1 saturated carbocycles. The fraction of sp³-hybridized carbons (Fsp3) is 0.429. The van der Waals surface area contributed by atoms with Crippen molar-refractivity contribution in [1.82, 2.24) is 5.32 Å². The number of benzene rings is 1. The average molecular weight is 265 g/mol. The summed E-state index contributed by atoms with van der Waals surface area (Å²) in [5.41, 5.74) is 0.930. The van der Waals surface area contributed by atoms with Crippen LogP contribution in [0.4, 0.5) is 4.39 Å². The van der Waals surface area contributed by atoms with Crippen LogP contribution in [0.3, 0.4) is 0 Å². The Kier molecular flexibility index (Phi) is 3.83. The highest BCUT2D eigenvalue weighted by Crippen LogP contribution is 2.26. The number of carbonyl (C=O) groups is 2. The van der Waals surface area contributed by atoms with Gasteiger partial charge in [-0.15, -0.1) is 0 Å². The minimum absolute atomic E-state index is 0.337. The summed E-state index contributed by atoms with van der Waals surface area (Å²) in [6.07, 6.45) is 2.05. The van der Waals surface area contributed by atoms with Gasteiger partial charge < -0.3 is 10.4 Å². The Morgan fingerprint density at radius 1 is 1.37 bits per heavy atom. The van der Waals surface area contributed by atoms with Gasteiger partial charge in [0, 0.05) is 11.6 Å². The van der Waals surface area contributed by atoms with Gasteiger partial charge >= 0.3 is 5.97 Å². The summed E-state index contributed by atoms with van der Waals surface area (Å²) in [4.78, 5) is 23.1. The molecule has 2 atom stereocenters. The van der Waals surface area contributed by atoms with Gasteiger partial charge in [-0.1, -0.05) is 6.42 Å². The van der Waals surface area contributed by atoms with Gasteiger partial charge in [0.15, 0.2) is 0 Å². The molecule has 1 aromatic rings. The lowest BCUT2D eigenvalue weighted by Crippen LogP contribution is -2.40. The molecular formula is C14H16FNO3. The molecule has 0 heterocycles. The van der Waals surface area contributed by atoms with Gasteiger partial charge in [-0.2, -0.15) is 0 Å². The van der Waals surface area contributed by atoms with Crippen LogP contribution in [0.15, 0.2) is 18.2 Å². The van der Waals surface area contributed by atoms with Crippen LogP contribution in [0.5, 0.6) is 0 Å². The third-order valence-corrected chi connectivity index (χ3v) is 3.58. The molecule has 0 aliphatic heterocycles. The normalized spacial score (nSPS) is 22.2. The van der Waals surface area contributed by atoms with E-state index >= 15 is 0 Å². The first-order valence-corrected chi connectivity index (χ1v) is 6.29. The van der Waals surface area contributed by atoms with E-state index in [1.807, 2.05) is 0 Å². The van der Waals surface area contributed by atoms with Gasteiger partial charge in [-0.3, -0.25) is 9.59 Å². The zero-order valence-electron chi connectivity index (χ0n) is 10.6. The van der Waals surface area contributed by atoms with Crippen LogP contribution in [-0.2, 0) is 4.79 Å². The summed E-state index contributed by atoms with van der Waals surface area (Å²) >= 11 is 0. The average Bonchev–Trinajstić information content (AvgIpc) is 2.76. The van der Waals surface area contributed by atoms with Crippen LogP contribution < -0.4 is 5.32 Å². The Morgan fingerprint density at radius 2 is 2.11 bits per heavy atom. The lowest BCUT2D eigenvalue weighted by Gasteiger charge is -2.18. The van der Waals surface area contributed by atoms with Crippen molar-refractivity contribution in [2.75, 3.05) is 0 Å². The molecule has 1 aliphatic rings. The molecule has 0 spiro atoms. The number of amides is 1. The van der Waals surface area contributed by atoms with Crippen LogP contribution in [0.1, 0.15) is 35.2 Å². The number of hydrogen-bond acceptors (Lipinski definition) is 2.